The molecule has 6 rings (SSSR count). The second-order valence-electron chi connectivity index (χ2n) is 9.10. The molecule has 2 aliphatic rings. The zero-order valence-electron chi connectivity index (χ0n) is 21.1. The maximum Gasteiger partial charge on any atom is 0.196 e. The SMILES string of the molecule is CCC.O=C1c2ccccc2C(=O)c2c(NCNc3cccc4c3C(=O)c3ccccc3C4=O)cccc21. The standard InChI is InChI=1S/C29H18N2O4.C3H8/c32-26-16-7-1-3-9-18(16)28(34)24-20(26)11-5-13-22(24)30-15-31-23-14-6-12-21-25(23)29(35)19-10-4-2-8-17(19)27(21)33;1-3-2/h1-14,30-31H,15H2;3H2,1-2H3. The van der Waals surface area contributed by atoms with Crippen molar-refractivity contribution in [3.8, 4) is 0 Å². The Morgan fingerprint density at radius 3 is 1.13 bits per heavy atom. The van der Waals surface area contributed by atoms with Crippen molar-refractivity contribution in [1.29, 1.82) is 0 Å². The molecule has 0 radical (unpaired) electrons. The van der Waals surface area contributed by atoms with E-state index in [9.17, 15) is 19.2 Å². The predicted molar refractivity (Wildman–Crippen MR) is 148 cm³/mol. The van der Waals surface area contributed by atoms with Crippen molar-refractivity contribution in [3.05, 3.63) is 129 Å². The Morgan fingerprint density at radius 2 is 0.763 bits per heavy atom. The molecule has 6 nitrogen and oxygen atoms in total. The van der Waals surface area contributed by atoms with E-state index in [0.29, 0.717) is 55.9 Å². The highest BCUT2D eigenvalue weighted by atomic mass is 16.1. The van der Waals surface area contributed by atoms with Crippen molar-refractivity contribution in [1.82, 2.24) is 0 Å². The van der Waals surface area contributed by atoms with Gasteiger partial charge >= 0.3 is 0 Å². The van der Waals surface area contributed by atoms with Gasteiger partial charge in [-0.1, -0.05) is 93.1 Å². The van der Waals surface area contributed by atoms with Crippen molar-refractivity contribution >= 4 is 34.5 Å². The number of carbonyl (C=O) groups excluding carboxylic acids is 4. The Bertz CT molecular complexity index is 1500. The van der Waals surface area contributed by atoms with Crippen molar-refractivity contribution < 1.29 is 19.2 Å². The van der Waals surface area contributed by atoms with E-state index >= 15 is 0 Å². The molecule has 0 unspecified atom stereocenters. The normalized spacial score (nSPS) is 12.9. The van der Waals surface area contributed by atoms with Crippen LogP contribution in [0.4, 0.5) is 11.4 Å². The Balaban J connectivity index is 0.000000937. The lowest BCUT2D eigenvalue weighted by atomic mass is 9.83. The Kier molecular flexibility index (Phi) is 6.71. The summed E-state index contributed by atoms with van der Waals surface area (Å²) in [5.74, 6) is -0.807. The van der Waals surface area contributed by atoms with E-state index in [1.807, 2.05) is 0 Å². The second kappa shape index (κ2) is 10.3. The highest BCUT2D eigenvalue weighted by molar-refractivity contribution is 6.31. The molecule has 38 heavy (non-hydrogen) atoms. The van der Waals surface area contributed by atoms with Crippen LogP contribution in [0, 0.1) is 0 Å². The van der Waals surface area contributed by atoms with Gasteiger partial charge in [-0.25, -0.2) is 0 Å². The van der Waals surface area contributed by atoms with E-state index in [-0.39, 0.29) is 29.8 Å². The lowest BCUT2D eigenvalue weighted by Gasteiger charge is -2.22. The highest BCUT2D eigenvalue weighted by Crippen LogP contribution is 2.33. The smallest absolute Gasteiger partial charge is 0.196 e. The van der Waals surface area contributed by atoms with Crippen molar-refractivity contribution in [3.63, 3.8) is 0 Å². The van der Waals surface area contributed by atoms with E-state index in [0.717, 1.165) is 0 Å². The summed E-state index contributed by atoms with van der Waals surface area (Å²) >= 11 is 0. The van der Waals surface area contributed by atoms with Gasteiger partial charge in [-0.2, -0.15) is 0 Å². The van der Waals surface area contributed by atoms with Crippen LogP contribution in [0.15, 0.2) is 84.9 Å². The molecular weight excluding hydrogens is 476 g/mol. The number of benzene rings is 4. The molecule has 0 amide bonds. The number of fused-ring (bicyclic) bond motifs is 4. The number of ketones is 4. The van der Waals surface area contributed by atoms with Crippen LogP contribution in [0.5, 0.6) is 0 Å². The molecule has 0 fully saturated rings. The molecule has 188 valence electrons. The minimum Gasteiger partial charge on any atom is -0.367 e. The van der Waals surface area contributed by atoms with Gasteiger partial charge in [-0.3, -0.25) is 19.2 Å². The third-order valence-corrected chi connectivity index (χ3v) is 6.46. The Labute approximate surface area is 220 Å². The summed E-state index contributed by atoms with van der Waals surface area (Å²) in [4.78, 5) is 52.3. The lowest BCUT2D eigenvalue weighted by Crippen LogP contribution is -2.25. The highest BCUT2D eigenvalue weighted by Gasteiger charge is 2.32. The van der Waals surface area contributed by atoms with Crippen LogP contribution in [0.3, 0.4) is 0 Å². The molecule has 0 heterocycles. The van der Waals surface area contributed by atoms with E-state index in [1.54, 1.807) is 84.9 Å². The summed E-state index contributed by atoms with van der Waals surface area (Å²) in [6.45, 7) is 4.42. The number of hydrogen-bond acceptors (Lipinski definition) is 6. The molecule has 4 aromatic carbocycles. The summed E-state index contributed by atoms with van der Waals surface area (Å²) < 4.78 is 0. The van der Waals surface area contributed by atoms with E-state index in [1.165, 1.54) is 6.42 Å². The molecule has 2 aliphatic carbocycles. The molecule has 0 aliphatic heterocycles. The molecule has 0 saturated heterocycles. The van der Waals surface area contributed by atoms with Gasteiger partial charge in [0.05, 0.1) is 17.8 Å². The first kappa shape index (κ1) is 24.8. The maximum atomic E-state index is 13.2. The zero-order chi connectivity index (χ0) is 26.8. The fraction of sp³-hybridized carbons (Fsp3) is 0.125. The van der Waals surface area contributed by atoms with E-state index in [4.69, 9.17) is 0 Å². The monoisotopic (exact) mass is 502 g/mol. The minimum atomic E-state index is -0.215. The summed E-state index contributed by atoms with van der Waals surface area (Å²) in [6.07, 6.45) is 1.25. The molecular formula is C32H26N2O4. The van der Waals surface area contributed by atoms with E-state index in [2.05, 4.69) is 24.5 Å². The summed E-state index contributed by atoms with van der Waals surface area (Å²) in [5.41, 5.74) is 3.96. The zero-order valence-corrected chi connectivity index (χ0v) is 21.1. The summed E-state index contributed by atoms with van der Waals surface area (Å²) in [6, 6.07) is 23.8. The van der Waals surface area contributed by atoms with Gasteiger partial charge in [0, 0.05) is 44.8 Å². The largest absolute Gasteiger partial charge is 0.367 e. The number of rotatable bonds is 4. The molecule has 4 aromatic rings. The van der Waals surface area contributed by atoms with Crippen LogP contribution in [-0.4, -0.2) is 29.8 Å². The minimum absolute atomic E-state index is 0.166. The van der Waals surface area contributed by atoms with Crippen molar-refractivity contribution in [2.75, 3.05) is 17.3 Å². The van der Waals surface area contributed by atoms with Gasteiger partial charge in [-0.05, 0) is 12.1 Å². The Morgan fingerprint density at radius 1 is 0.447 bits per heavy atom. The fourth-order valence-electron chi connectivity index (χ4n) is 4.82. The third kappa shape index (κ3) is 4.10. The maximum absolute atomic E-state index is 13.2. The fourth-order valence-corrected chi connectivity index (χ4v) is 4.82. The quantitative estimate of drug-likeness (QED) is 0.282. The molecule has 0 saturated carbocycles. The molecule has 0 spiro atoms. The van der Waals surface area contributed by atoms with Gasteiger partial charge in [0.2, 0.25) is 0 Å². The Hall–Kier alpha value is -4.84. The lowest BCUT2D eigenvalue weighted by molar-refractivity contribution is 0.0979. The van der Waals surface area contributed by atoms with Crippen LogP contribution < -0.4 is 10.6 Å². The average molecular weight is 503 g/mol. The predicted octanol–water partition coefficient (Wildman–Crippen LogP) is 6.14. The molecule has 0 atom stereocenters. The van der Waals surface area contributed by atoms with Crippen LogP contribution in [-0.2, 0) is 0 Å². The average Bonchev–Trinajstić information content (AvgIpc) is 2.95. The third-order valence-electron chi connectivity index (χ3n) is 6.46. The molecule has 0 aromatic heterocycles. The van der Waals surface area contributed by atoms with Crippen LogP contribution >= 0.6 is 0 Å². The summed E-state index contributed by atoms with van der Waals surface area (Å²) in [5, 5.41) is 6.35. The number of hydrogen-bond donors (Lipinski definition) is 2. The van der Waals surface area contributed by atoms with Gasteiger partial charge in [0.15, 0.2) is 23.1 Å². The first-order valence-corrected chi connectivity index (χ1v) is 12.6. The van der Waals surface area contributed by atoms with Gasteiger partial charge < -0.3 is 10.6 Å². The van der Waals surface area contributed by atoms with Gasteiger partial charge in [0.25, 0.3) is 0 Å². The molecule has 6 heteroatoms. The molecule has 2 N–H and O–H groups in total. The van der Waals surface area contributed by atoms with E-state index < -0.39 is 0 Å². The van der Waals surface area contributed by atoms with Gasteiger partial charge in [-0.15, -0.1) is 0 Å². The first-order valence-electron chi connectivity index (χ1n) is 12.6. The number of nitrogens with one attached hydrogen (secondary N) is 2. The van der Waals surface area contributed by atoms with Crippen molar-refractivity contribution in [2.24, 2.45) is 0 Å². The van der Waals surface area contributed by atoms with Crippen LogP contribution in [0.25, 0.3) is 0 Å². The molecule has 0 bridgehead atoms. The van der Waals surface area contributed by atoms with Crippen LogP contribution in [0.2, 0.25) is 0 Å². The van der Waals surface area contributed by atoms with Gasteiger partial charge in [0.1, 0.15) is 0 Å². The topological polar surface area (TPSA) is 92.3 Å². The number of anilines is 2. The van der Waals surface area contributed by atoms with Crippen molar-refractivity contribution in [2.45, 2.75) is 20.3 Å². The number of carbonyl (C=O) groups is 4. The van der Waals surface area contributed by atoms with Crippen LogP contribution in [0.1, 0.15) is 84.0 Å². The summed E-state index contributed by atoms with van der Waals surface area (Å²) in [7, 11) is 0. The first-order chi connectivity index (χ1) is 18.5. The second-order valence-corrected chi connectivity index (χ2v) is 9.10.